The summed E-state index contributed by atoms with van der Waals surface area (Å²) < 4.78 is 1.07. The molecule has 0 amide bonds. The van der Waals surface area contributed by atoms with Gasteiger partial charge in [0.05, 0.1) is 5.69 Å². The van der Waals surface area contributed by atoms with Crippen molar-refractivity contribution >= 4 is 21.6 Å². The van der Waals surface area contributed by atoms with Crippen LogP contribution in [0, 0.1) is 0 Å². The molecule has 2 aromatic rings. The molecule has 0 bridgehead atoms. The maximum atomic E-state index is 5.89. The predicted molar refractivity (Wildman–Crippen MR) is 83.1 cm³/mol. The third-order valence-electron chi connectivity index (χ3n) is 3.08. The molecule has 1 aromatic heterocycles. The van der Waals surface area contributed by atoms with Gasteiger partial charge >= 0.3 is 0 Å². The van der Waals surface area contributed by atoms with Crippen molar-refractivity contribution in [1.29, 1.82) is 0 Å². The first-order chi connectivity index (χ1) is 9.08. The molecule has 1 atom stereocenters. The van der Waals surface area contributed by atoms with E-state index in [4.69, 9.17) is 5.73 Å². The van der Waals surface area contributed by atoms with Crippen molar-refractivity contribution in [1.82, 2.24) is 4.98 Å². The molecule has 0 saturated carbocycles. The second-order valence-electron chi connectivity index (χ2n) is 4.71. The number of nitrogens with zero attached hydrogens (tertiary/aromatic N) is 2. The van der Waals surface area contributed by atoms with Gasteiger partial charge in [0.1, 0.15) is 0 Å². The maximum absolute atomic E-state index is 5.89. The summed E-state index contributed by atoms with van der Waals surface area (Å²) in [5, 5.41) is 0. The normalized spacial score (nSPS) is 12.2. The van der Waals surface area contributed by atoms with Crippen LogP contribution in [0.2, 0.25) is 0 Å². The van der Waals surface area contributed by atoms with Gasteiger partial charge in [-0.2, -0.15) is 0 Å². The zero-order chi connectivity index (χ0) is 13.8. The van der Waals surface area contributed by atoms with Crippen molar-refractivity contribution in [3.63, 3.8) is 0 Å². The molecule has 0 aliphatic carbocycles. The van der Waals surface area contributed by atoms with Crippen molar-refractivity contribution in [2.24, 2.45) is 5.73 Å². The molecular formula is C15H18BrN3. The molecule has 2 rings (SSSR count). The van der Waals surface area contributed by atoms with Crippen LogP contribution < -0.4 is 10.6 Å². The number of halogens is 1. The molecular weight excluding hydrogens is 302 g/mol. The SMILES string of the molecule is C[C@H](N)c1ccc(N(C)Cc2ccncc2)c(Br)c1. The lowest BCUT2D eigenvalue weighted by molar-refractivity contribution is 0.816. The van der Waals surface area contributed by atoms with E-state index in [0.29, 0.717) is 0 Å². The van der Waals surface area contributed by atoms with Gasteiger partial charge in [-0.1, -0.05) is 6.07 Å². The Morgan fingerprint density at radius 1 is 1.26 bits per heavy atom. The highest BCUT2D eigenvalue weighted by molar-refractivity contribution is 9.10. The lowest BCUT2D eigenvalue weighted by atomic mass is 10.1. The highest BCUT2D eigenvalue weighted by atomic mass is 79.9. The predicted octanol–water partition coefficient (Wildman–Crippen LogP) is 3.50. The summed E-state index contributed by atoms with van der Waals surface area (Å²) in [7, 11) is 2.08. The van der Waals surface area contributed by atoms with Gasteiger partial charge in [-0.15, -0.1) is 0 Å². The Morgan fingerprint density at radius 3 is 2.53 bits per heavy atom. The van der Waals surface area contributed by atoms with Crippen LogP contribution in [0.4, 0.5) is 5.69 Å². The number of nitrogens with two attached hydrogens (primary N) is 1. The van der Waals surface area contributed by atoms with Crippen LogP contribution in [0.1, 0.15) is 24.1 Å². The first kappa shape index (κ1) is 14.0. The third kappa shape index (κ3) is 3.55. The molecule has 2 N–H and O–H groups in total. The Labute approximate surface area is 122 Å². The van der Waals surface area contributed by atoms with Crippen LogP contribution in [-0.2, 0) is 6.54 Å². The molecule has 0 unspecified atom stereocenters. The number of rotatable bonds is 4. The van der Waals surface area contributed by atoms with E-state index in [0.717, 1.165) is 22.3 Å². The molecule has 100 valence electrons. The number of anilines is 1. The van der Waals surface area contributed by atoms with Crippen molar-refractivity contribution in [2.75, 3.05) is 11.9 Å². The minimum absolute atomic E-state index is 0.0517. The standard InChI is InChI=1S/C15H18BrN3/c1-11(17)13-3-4-15(14(16)9-13)19(2)10-12-5-7-18-8-6-12/h3-9,11H,10,17H2,1-2H3/t11-/m0/s1. The molecule has 0 saturated heterocycles. The van der Waals surface area contributed by atoms with Gasteiger partial charge in [0.15, 0.2) is 0 Å². The third-order valence-corrected chi connectivity index (χ3v) is 3.71. The van der Waals surface area contributed by atoms with Gasteiger partial charge in [0.25, 0.3) is 0 Å². The number of benzene rings is 1. The van der Waals surface area contributed by atoms with Crippen molar-refractivity contribution in [3.8, 4) is 0 Å². The summed E-state index contributed by atoms with van der Waals surface area (Å²) in [5.74, 6) is 0. The fourth-order valence-electron chi connectivity index (χ4n) is 1.96. The van der Waals surface area contributed by atoms with Crippen LogP contribution >= 0.6 is 15.9 Å². The first-order valence-corrected chi connectivity index (χ1v) is 7.02. The summed E-state index contributed by atoms with van der Waals surface area (Å²) >= 11 is 3.62. The van der Waals surface area contributed by atoms with E-state index in [2.05, 4.69) is 51.1 Å². The Morgan fingerprint density at radius 2 is 1.95 bits per heavy atom. The summed E-state index contributed by atoms with van der Waals surface area (Å²) in [4.78, 5) is 6.23. The molecule has 4 heteroatoms. The van der Waals surface area contributed by atoms with E-state index >= 15 is 0 Å². The average Bonchev–Trinajstić information content (AvgIpc) is 2.39. The Balaban J connectivity index is 2.17. The van der Waals surface area contributed by atoms with Gasteiger partial charge in [0.2, 0.25) is 0 Å². The molecule has 0 aliphatic heterocycles. The highest BCUT2D eigenvalue weighted by Crippen LogP contribution is 2.29. The van der Waals surface area contributed by atoms with Crippen molar-refractivity contribution < 1.29 is 0 Å². The topological polar surface area (TPSA) is 42.1 Å². The second kappa shape index (κ2) is 6.17. The lowest BCUT2D eigenvalue weighted by Gasteiger charge is -2.21. The monoisotopic (exact) mass is 319 g/mol. The largest absolute Gasteiger partial charge is 0.369 e. The van der Waals surface area contributed by atoms with E-state index in [-0.39, 0.29) is 6.04 Å². The van der Waals surface area contributed by atoms with Crippen LogP contribution in [0.15, 0.2) is 47.2 Å². The van der Waals surface area contributed by atoms with Crippen LogP contribution in [0.5, 0.6) is 0 Å². The van der Waals surface area contributed by atoms with Crippen molar-refractivity contribution in [3.05, 3.63) is 58.3 Å². The second-order valence-corrected chi connectivity index (χ2v) is 5.57. The number of pyridine rings is 1. The number of aromatic nitrogens is 1. The summed E-state index contributed by atoms with van der Waals surface area (Å²) in [5.41, 5.74) is 9.41. The Hall–Kier alpha value is -1.39. The summed E-state index contributed by atoms with van der Waals surface area (Å²) in [6.45, 7) is 2.83. The Bertz CT molecular complexity index is 540. The van der Waals surface area contributed by atoms with Crippen molar-refractivity contribution in [2.45, 2.75) is 19.5 Å². The van der Waals surface area contributed by atoms with Crippen LogP contribution in [-0.4, -0.2) is 12.0 Å². The van der Waals surface area contributed by atoms with Gasteiger partial charge in [-0.05, 0) is 58.2 Å². The fourth-order valence-corrected chi connectivity index (χ4v) is 2.66. The number of hydrogen-bond donors (Lipinski definition) is 1. The molecule has 3 nitrogen and oxygen atoms in total. The van der Waals surface area contributed by atoms with E-state index in [1.807, 2.05) is 31.5 Å². The molecule has 0 fully saturated rings. The quantitative estimate of drug-likeness (QED) is 0.937. The number of hydrogen-bond acceptors (Lipinski definition) is 3. The average molecular weight is 320 g/mol. The van der Waals surface area contributed by atoms with Gasteiger partial charge in [-0.3, -0.25) is 4.98 Å². The van der Waals surface area contributed by atoms with E-state index in [9.17, 15) is 0 Å². The van der Waals surface area contributed by atoms with Gasteiger partial charge in [-0.25, -0.2) is 0 Å². The summed E-state index contributed by atoms with van der Waals surface area (Å²) in [6, 6.07) is 10.4. The lowest BCUT2D eigenvalue weighted by Crippen LogP contribution is -2.17. The van der Waals surface area contributed by atoms with Crippen LogP contribution in [0.3, 0.4) is 0 Å². The molecule has 1 aromatic carbocycles. The maximum Gasteiger partial charge on any atom is 0.0511 e. The summed E-state index contributed by atoms with van der Waals surface area (Å²) in [6.07, 6.45) is 3.63. The zero-order valence-electron chi connectivity index (χ0n) is 11.2. The molecule has 1 heterocycles. The molecule has 0 spiro atoms. The molecule has 0 aliphatic rings. The van der Waals surface area contributed by atoms with E-state index in [1.165, 1.54) is 5.56 Å². The van der Waals surface area contributed by atoms with Gasteiger partial charge < -0.3 is 10.6 Å². The molecule has 0 radical (unpaired) electrons. The van der Waals surface area contributed by atoms with Crippen LogP contribution in [0.25, 0.3) is 0 Å². The fraction of sp³-hybridized carbons (Fsp3) is 0.267. The smallest absolute Gasteiger partial charge is 0.0511 e. The zero-order valence-corrected chi connectivity index (χ0v) is 12.8. The highest BCUT2D eigenvalue weighted by Gasteiger charge is 2.08. The van der Waals surface area contributed by atoms with E-state index in [1.54, 1.807) is 0 Å². The molecule has 19 heavy (non-hydrogen) atoms. The minimum atomic E-state index is 0.0517. The Kier molecular flexibility index (Phi) is 4.56. The van der Waals surface area contributed by atoms with Gasteiger partial charge in [0, 0.05) is 36.5 Å². The first-order valence-electron chi connectivity index (χ1n) is 6.23. The van der Waals surface area contributed by atoms with E-state index < -0.39 is 0 Å². The minimum Gasteiger partial charge on any atom is -0.369 e.